The van der Waals surface area contributed by atoms with E-state index in [0.29, 0.717) is 5.69 Å². The molecule has 18 heavy (non-hydrogen) atoms. The summed E-state index contributed by atoms with van der Waals surface area (Å²) in [6.07, 6.45) is 2.66. The van der Waals surface area contributed by atoms with Crippen LogP contribution in [0, 0.1) is 11.6 Å². The van der Waals surface area contributed by atoms with Gasteiger partial charge < -0.3 is 5.32 Å². The molecule has 90 valence electrons. The molecule has 0 bridgehead atoms. The molecule has 0 saturated heterocycles. The molecule has 0 spiro atoms. The third kappa shape index (κ3) is 1.93. The van der Waals surface area contributed by atoms with Crippen LogP contribution in [0.15, 0.2) is 42.0 Å². The van der Waals surface area contributed by atoms with Gasteiger partial charge in [-0.05, 0) is 24.3 Å². The normalized spacial score (nSPS) is 10.8. The minimum Gasteiger partial charge on any atom is -0.352 e. The number of benzene rings is 1. The summed E-state index contributed by atoms with van der Waals surface area (Å²) in [5, 5.41) is 5.70. The zero-order chi connectivity index (χ0) is 12.5. The fourth-order valence-electron chi connectivity index (χ4n) is 1.72. The molecule has 0 aliphatic rings. The van der Waals surface area contributed by atoms with Crippen LogP contribution in [0.4, 0.5) is 20.2 Å². The van der Waals surface area contributed by atoms with E-state index in [2.05, 4.69) is 10.3 Å². The van der Waals surface area contributed by atoms with Crippen LogP contribution >= 0.6 is 11.3 Å². The lowest BCUT2D eigenvalue weighted by Crippen LogP contribution is -1.93. The number of anilines is 2. The van der Waals surface area contributed by atoms with Crippen molar-refractivity contribution >= 4 is 32.8 Å². The monoisotopic (exact) mass is 262 g/mol. The van der Waals surface area contributed by atoms with Gasteiger partial charge in [0.25, 0.3) is 0 Å². The third-order valence-corrected chi connectivity index (χ3v) is 3.52. The Hall–Kier alpha value is -2.01. The number of nitrogens with one attached hydrogen (secondary N) is 1. The third-order valence-electron chi connectivity index (χ3n) is 2.58. The van der Waals surface area contributed by atoms with Gasteiger partial charge in [-0.2, -0.15) is 0 Å². The van der Waals surface area contributed by atoms with Crippen molar-refractivity contribution in [3.8, 4) is 0 Å². The molecule has 0 atom stereocenters. The first-order valence-electron chi connectivity index (χ1n) is 5.27. The van der Waals surface area contributed by atoms with Gasteiger partial charge in [-0.1, -0.05) is 0 Å². The number of nitrogens with zero attached hydrogens (tertiary/aromatic N) is 1. The van der Waals surface area contributed by atoms with E-state index < -0.39 is 5.82 Å². The first kappa shape index (κ1) is 11.1. The molecule has 0 radical (unpaired) electrons. The molecule has 0 fully saturated rings. The summed E-state index contributed by atoms with van der Waals surface area (Å²) in [5.74, 6) is -0.690. The first-order valence-corrected chi connectivity index (χ1v) is 6.15. The minimum atomic E-state index is -0.418. The molecule has 0 saturated carbocycles. The summed E-state index contributed by atoms with van der Waals surface area (Å²) in [6, 6.07) is 6.10. The average molecular weight is 262 g/mol. The van der Waals surface area contributed by atoms with Crippen molar-refractivity contribution < 1.29 is 8.78 Å². The highest BCUT2D eigenvalue weighted by Crippen LogP contribution is 2.33. The molecule has 2 aromatic heterocycles. The van der Waals surface area contributed by atoms with Crippen LogP contribution in [0.3, 0.4) is 0 Å². The number of hydrogen-bond donors (Lipinski definition) is 1. The van der Waals surface area contributed by atoms with Gasteiger partial charge in [-0.15, -0.1) is 11.3 Å². The zero-order valence-corrected chi connectivity index (χ0v) is 9.97. The van der Waals surface area contributed by atoms with Crippen LogP contribution in [0.25, 0.3) is 10.1 Å². The molecule has 0 aliphatic heterocycles. The molecule has 1 N–H and O–H groups in total. The van der Waals surface area contributed by atoms with Crippen LogP contribution in [0.5, 0.6) is 0 Å². The van der Waals surface area contributed by atoms with Gasteiger partial charge in [0.2, 0.25) is 0 Å². The van der Waals surface area contributed by atoms with Crippen molar-refractivity contribution in [1.29, 1.82) is 0 Å². The number of rotatable bonds is 2. The van der Waals surface area contributed by atoms with E-state index in [4.69, 9.17) is 0 Å². The molecule has 0 amide bonds. The van der Waals surface area contributed by atoms with E-state index in [-0.39, 0.29) is 5.82 Å². The maximum absolute atomic E-state index is 13.5. The van der Waals surface area contributed by atoms with Crippen LogP contribution < -0.4 is 5.32 Å². The molecular weight excluding hydrogens is 254 g/mol. The Morgan fingerprint density at radius 3 is 2.83 bits per heavy atom. The number of halogens is 2. The summed E-state index contributed by atoms with van der Waals surface area (Å²) >= 11 is 1.41. The van der Waals surface area contributed by atoms with Gasteiger partial charge in [0.05, 0.1) is 17.6 Å². The molecule has 5 heteroatoms. The minimum absolute atomic E-state index is 0.272. The lowest BCUT2D eigenvalue weighted by Gasteiger charge is -2.05. The van der Waals surface area contributed by atoms with Crippen molar-refractivity contribution in [2.75, 3.05) is 5.32 Å². The van der Waals surface area contributed by atoms with Crippen molar-refractivity contribution in [3.63, 3.8) is 0 Å². The molecule has 2 heterocycles. The van der Waals surface area contributed by atoms with Crippen molar-refractivity contribution in [2.24, 2.45) is 0 Å². The van der Waals surface area contributed by atoms with Crippen molar-refractivity contribution in [2.45, 2.75) is 0 Å². The number of thiophene rings is 1. The topological polar surface area (TPSA) is 24.9 Å². The predicted octanol–water partition coefficient (Wildman–Crippen LogP) is 4.32. The highest BCUT2D eigenvalue weighted by molar-refractivity contribution is 7.17. The van der Waals surface area contributed by atoms with Crippen LogP contribution in [0.2, 0.25) is 0 Å². The Balaban J connectivity index is 2.03. The Morgan fingerprint density at radius 1 is 1.11 bits per heavy atom. The zero-order valence-electron chi connectivity index (χ0n) is 9.15. The van der Waals surface area contributed by atoms with E-state index in [1.807, 2.05) is 5.38 Å². The molecule has 3 rings (SSSR count). The summed E-state index contributed by atoms with van der Waals surface area (Å²) in [6.45, 7) is 0. The van der Waals surface area contributed by atoms with Crippen LogP contribution in [0.1, 0.15) is 0 Å². The smallest absolute Gasteiger partial charge is 0.164 e. The maximum atomic E-state index is 13.5. The summed E-state index contributed by atoms with van der Waals surface area (Å²) in [4.78, 5) is 3.69. The van der Waals surface area contributed by atoms with Gasteiger partial charge >= 0.3 is 0 Å². The number of pyridine rings is 1. The van der Waals surface area contributed by atoms with E-state index in [1.165, 1.54) is 29.7 Å². The molecule has 3 aromatic rings. The highest BCUT2D eigenvalue weighted by atomic mass is 32.1. The van der Waals surface area contributed by atoms with Gasteiger partial charge in [0.15, 0.2) is 5.82 Å². The fraction of sp³-hybridized carbons (Fsp3) is 0. The molecule has 0 aliphatic carbocycles. The SMILES string of the molecule is Fc1ccc2c(Nc3ccncc3F)csc2c1. The second-order valence-corrected chi connectivity index (χ2v) is 4.68. The van der Waals surface area contributed by atoms with Gasteiger partial charge in [-0.3, -0.25) is 4.98 Å². The lowest BCUT2D eigenvalue weighted by atomic mass is 10.2. The second-order valence-electron chi connectivity index (χ2n) is 3.77. The highest BCUT2D eigenvalue weighted by Gasteiger charge is 2.07. The lowest BCUT2D eigenvalue weighted by molar-refractivity contribution is 0.625. The van der Waals surface area contributed by atoms with Crippen molar-refractivity contribution in [3.05, 3.63) is 53.7 Å². The number of aromatic nitrogens is 1. The number of hydrogen-bond acceptors (Lipinski definition) is 3. The fourth-order valence-corrected chi connectivity index (χ4v) is 2.64. The van der Waals surface area contributed by atoms with E-state index in [0.717, 1.165) is 22.0 Å². The second kappa shape index (κ2) is 4.34. The summed E-state index contributed by atoms with van der Waals surface area (Å²) in [5.41, 5.74) is 1.12. The van der Waals surface area contributed by atoms with Crippen LogP contribution in [-0.2, 0) is 0 Å². The molecular formula is C13H8F2N2S. The number of fused-ring (bicyclic) bond motifs is 1. The standard InChI is InChI=1S/C13H8F2N2S/c14-8-1-2-9-12(7-18-13(9)5-8)17-11-3-4-16-6-10(11)15/h1-7H,(H,16,17). The summed E-state index contributed by atoms with van der Waals surface area (Å²) < 4.78 is 27.3. The summed E-state index contributed by atoms with van der Waals surface area (Å²) in [7, 11) is 0. The van der Waals surface area contributed by atoms with Crippen molar-refractivity contribution in [1.82, 2.24) is 4.98 Å². The quantitative estimate of drug-likeness (QED) is 0.744. The molecule has 1 aromatic carbocycles. The average Bonchev–Trinajstić information content (AvgIpc) is 2.74. The molecule has 0 unspecified atom stereocenters. The molecule has 2 nitrogen and oxygen atoms in total. The van der Waals surface area contributed by atoms with Crippen LogP contribution in [-0.4, -0.2) is 4.98 Å². The van der Waals surface area contributed by atoms with Gasteiger partial charge in [0.1, 0.15) is 5.82 Å². The Kier molecular flexibility index (Phi) is 2.68. The van der Waals surface area contributed by atoms with Gasteiger partial charge in [0, 0.05) is 21.7 Å². The predicted molar refractivity (Wildman–Crippen MR) is 69.3 cm³/mol. The van der Waals surface area contributed by atoms with E-state index in [1.54, 1.807) is 12.1 Å². The Morgan fingerprint density at radius 2 is 2.00 bits per heavy atom. The Bertz CT molecular complexity index is 709. The Labute approximate surface area is 106 Å². The largest absolute Gasteiger partial charge is 0.352 e. The maximum Gasteiger partial charge on any atom is 0.164 e. The first-order chi connectivity index (χ1) is 8.74. The van der Waals surface area contributed by atoms with E-state index >= 15 is 0 Å². The van der Waals surface area contributed by atoms with Gasteiger partial charge in [-0.25, -0.2) is 8.78 Å². The van der Waals surface area contributed by atoms with E-state index in [9.17, 15) is 8.78 Å².